The van der Waals surface area contributed by atoms with E-state index in [1.165, 1.54) is 72.7 Å². The summed E-state index contributed by atoms with van der Waals surface area (Å²) in [5.74, 6) is 1.17. The monoisotopic (exact) mass is 824 g/mol. The zero-order chi connectivity index (χ0) is 42.1. The maximum absolute atomic E-state index is 5.62. The number of hydrogen-bond donors (Lipinski definition) is 0. The van der Waals surface area contributed by atoms with E-state index in [1.54, 1.807) is 0 Å². The first-order valence-electron chi connectivity index (χ1n) is 23.2. The van der Waals surface area contributed by atoms with E-state index in [0.29, 0.717) is 0 Å². The third-order valence-corrected chi connectivity index (χ3v) is 14.5. The number of hydrogen-bond acceptors (Lipinski definition) is 4. The number of rotatable bonds is 6. The summed E-state index contributed by atoms with van der Waals surface area (Å²) in [5.41, 5.74) is 19.2. The van der Waals surface area contributed by atoms with Crippen molar-refractivity contribution in [1.29, 1.82) is 0 Å². The number of fused-ring (bicyclic) bond motifs is 8. The predicted molar refractivity (Wildman–Crippen MR) is 264 cm³/mol. The second kappa shape index (κ2) is 15.2. The number of para-hydroxylation sites is 2. The molecule has 0 saturated carbocycles. The Balaban J connectivity index is 0.900. The van der Waals surface area contributed by atoms with E-state index >= 15 is 0 Å². The van der Waals surface area contributed by atoms with Gasteiger partial charge in [0.1, 0.15) is 0 Å². The van der Waals surface area contributed by atoms with Crippen LogP contribution in [0.1, 0.15) is 60.3 Å². The highest BCUT2D eigenvalue weighted by Gasteiger charge is 2.44. The zero-order valence-corrected chi connectivity index (χ0v) is 35.8. The summed E-state index contributed by atoms with van der Waals surface area (Å²) in [5, 5.41) is 2.16. The number of anilines is 3. The van der Waals surface area contributed by atoms with Gasteiger partial charge in [0.2, 0.25) is 5.95 Å². The number of aryl methyl sites for hydroxylation is 1. The van der Waals surface area contributed by atoms with Crippen LogP contribution in [0.5, 0.6) is 0 Å². The van der Waals surface area contributed by atoms with Crippen molar-refractivity contribution in [2.75, 3.05) is 9.80 Å². The van der Waals surface area contributed by atoms with Crippen molar-refractivity contribution in [3.63, 3.8) is 0 Å². The summed E-state index contributed by atoms with van der Waals surface area (Å²) in [7, 11) is 0. The molecular formula is C60H48N4. The summed E-state index contributed by atoms with van der Waals surface area (Å²) < 4.78 is 0. The molecule has 0 fully saturated rings. The Kier molecular flexibility index (Phi) is 8.85. The van der Waals surface area contributed by atoms with Crippen molar-refractivity contribution in [3.8, 4) is 22.4 Å². The zero-order valence-electron chi connectivity index (χ0n) is 35.8. The van der Waals surface area contributed by atoms with Gasteiger partial charge in [-0.15, -0.1) is 0 Å². The number of benzene rings is 5. The van der Waals surface area contributed by atoms with Crippen LogP contribution in [0.3, 0.4) is 0 Å². The van der Waals surface area contributed by atoms with Gasteiger partial charge >= 0.3 is 0 Å². The topological polar surface area (TPSA) is 32.3 Å². The van der Waals surface area contributed by atoms with E-state index < -0.39 is 0 Å². The highest BCUT2D eigenvalue weighted by atomic mass is 15.3. The molecule has 0 N–H and O–H groups in total. The lowest BCUT2D eigenvalue weighted by Gasteiger charge is -2.32. The van der Waals surface area contributed by atoms with Crippen molar-refractivity contribution in [1.82, 2.24) is 9.97 Å². The van der Waals surface area contributed by atoms with Gasteiger partial charge in [-0.25, -0.2) is 9.97 Å². The van der Waals surface area contributed by atoms with Crippen LogP contribution in [0, 0.1) is 5.92 Å². The molecule has 4 nitrogen and oxygen atoms in total. The Bertz CT molecular complexity index is 3250. The van der Waals surface area contributed by atoms with Crippen molar-refractivity contribution in [2.45, 2.75) is 56.5 Å². The SMILES string of the molecule is C1=CC(c2cc(-c3ccccc3)cc(-c3nc(N4c5ccccc5C5C=C(C6=CC7C8=C(CCc9ccccc98)N(c8ccccc8)C7C=C6)C=CC54)nc4c3=CCCC=4)c2)=CCC1. The fourth-order valence-corrected chi connectivity index (χ4v) is 11.6. The molecule has 0 bridgehead atoms. The van der Waals surface area contributed by atoms with Crippen LogP contribution in [-0.4, -0.2) is 22.1 Å². The molecule has 3 heterocycles. The first-order chi connectivity index (χ1) is 31.7. The fourth-order valence-electron chi connectivity index (χ4n) is 11.6. The summed E-state index contributed by atoms with van der Waals surface area (Å²) in [4.78, 5) is 16.1. The number of allylic oxidation sites excluding steroid dienone is 9. The van der Waals surface area contributed by atoms with Gasteiger partial charge in [-0.3, -0.25) is 0 Å². The van der Waals surface area contributed by atoms with Gasteiger partial charge in [0.15, 0.2) is 0 Å². The van der Waals surface area contributed by atoms with Gasteiger partial charge < -0.3 is 9.80 Å². The predicted octanol–water partition coefficient (Wildman–Crippen LogP) is 12.4. The molecule has 4 atom stereocenters. The largest absolute Gasteiger partial charge is 0.337 e. The Morgan fingerprint density at radius 3 is 2.06 bits per heavy atom. The summed E-state index contributed by atoms with van der Waals surface area (Å²) in [6.07, 6.45) is 32.6. The van der Waals surface area contributed by atoms with E-state index in [2.05, 4.69) is 204 Å². The van der Waals surface area contributed by atoms with Crippen molar-refractivity contribution >= 4 is 40.6 Å². The average molecular weight is 825 g/mol. The molecule has 5 aliphatic carbocycles. The molecule has 13 rings (SSSR count). The van der Waals surface area contributed by atoms with Crippen LogP contribution >= 0.6 is 0 Å². The minimum atomic E-state index is 0.0452. The standard InChI is InChI=1S/C60H48N4/c1-4-16-39(17-5-1)44-34-45(40-18-6-2-7-19-40)36-46(35-44)59-50-25-12-14-26-53(50)61-60(62-59)64-54-27-15-13-24-49(54)51-37-42(29-31-55(51)64)43-30-32-56-52(38-43)58-48-23-11-10-20-41(48)28-33-57(58)63(56)47-21-8-3-9-22-47/h1,3-6,8-11,13,15-27,29-32,34-38,51-52,55-56H,2,7,12,14,28,33H2. The van der Waals surface area contributed by atoms with Crippen LogP contribution in [0.4, 0.5) is 17.3 Å². The first kappa shape index (κ1) is 37.3. The molecule has 2 aliphatic heterocycles. The van der Waals surface area contributed by atoms with Gasteiger partial charge in [-0.05, 0) is 131 Å². The van der Waals surface area contributed by atoms with Crippen molar-refractivity contribution in [3.05, 3.63) is 232 Å². The van der Waals surface area contributed by atoms with Crippen molar-refractivity contribution in [2.24, 2.45) is 5.92 Å². The normalized spacial score (nSPS) is 22.2. The molecule has 0 radical (unpaired) electrons. The average Bonchev–Trinajstić information content (AvgIpc) is 3.89. The molecule has 308 valence electrons. The van der Waals surface area contributed by atoms with Gasteiger partial charge in [0.25, 0.3) is 0 Å². The highest BCUT2D eigenvalue weighted by molar-refractivity contribution is 5.87. The minimum Gasteiger partial charge on any atom is -0.337 e. The molecule has 0 amide bonds. The van der Waals surface area contributed by atoms with Crippen LogP contribution in [0.25, 0.3) is 45.7 Å². The van der Waals surface area contributed by atoms with Crippen LogP contribution in [0.15, 0.2) is 199 Å². The second-order valence-corrected chi connectivity index (χ2v) is 18.1. The molecule has 4 unspecified atom stereocenters. The van der Waals surface area contributed by atoms with Gasteiger partial charge in [-0.1, -0.05) is 158 Å². The highest BCUT2D eigenvalue weighted by Crippen LogP contribution is 2.52. The summed E-state index contributed by atoms with van der Waals surface area (Å²) >= 11 is 0. The maximum Gasteiger partial charge on any atom is 0.231 e. The minimum absolute atomic E-state index is 0.0452. The van der Waals surface area contributed by atoms with Gasteiger partial charge in [0.05, 0.1) is 23.1 Å². The van der Waals surface area contributed by atoms with Crippen molar-refractivity contribution < 1.29 is 0 Å². The maximum atomic E-state index is 5.62. The van der Waals surface area contributed by atoms with E-state index in [0.717, 1.165) is 66.3 Å². The molecule has 5 aromatic carbocycles. The molecular weight excluding hydrogens is 777 g/mol. The molecule has 0 saturated heterocycles. The third kappa shape index (κ3) is 6.11. The smallest absolute Gasteiger partial charge is 0.231 e. The number of nitrogens with zero attached hydrogens (tertiary/aromatic N) is 4. The van der Waals surface area contributed by atoms with E-state index in [-0.39, 0.29) is 23.9 Å². The summed E-state index contributed by atoms with van der Waals surface area (Å²) in [6, 6.07) is 47.1. The Labute approximate surface area is 375 Å². The van der Waals surface area contributed by atoms with E-state index in [1.807, 2.05) is 0 Å². The van der Waals surface area contributed by atoms with E-state index in [9.17, 15) is 0 Å². The van der Waals surface area contributed by atoms with Gasteiger partial charge in [-0.2, -0.15) is 0 Å². The molecule has 6 aromatic rings. The lowest BCUT2D eigenvalue weighted by molar-refractivity contribution is 0.693. The quantitative estimate of drug-likeness (QED) is 0.167. The first-order valence-corrected chi connectivity index (χ1v) is 23.2. The Morgan fingerprint density at radius 1 is 0.516 bits per heavy atom. The molecule has 7 aliphatic rings. The second-order valence-electron chi connectivity index (χ2n) is 18.1. The summed E-state index contributed by atoms with van der Waals surface area (Å²) in [6.45, 7) is 0. The lowest BCUT2D eigenvalue weighted by Crippen LogP contribution is -2.38. The Hall–Kier alpha value is -7.30. The number of aromatic nitrogens is 2. The molecule has 4 heteroatoms. The lowest BCUT2D eigenvalue weighted by atomic mass is 9.78. The third-order valence-electron chi connectivity index (χ3n) is 14.5. The van der Waals surface area contributed by atoms with Crippen LogP contribution in [-0.2, 0) is 6.42 Å². The van der Waals surface area contributed by atoms with Crippen LogP contribution < -0.4 is 20.4 Å². The fraction of sp³-hybridized carbons (Fsp3) is 0.167. The molecule has 0 spiro atoms. The Morgan fingerprint density at radius 2 is 1.22 bits per heavy atom. The molecule has 64 heavy (non-hydrogen) atoms. The molecule has 1 aromatic heterocycles. The van der Waals surface area contributed by atoms with Crippen LogP contribution in [0.2, 0.25) is 0 Å². The van der Waals surface area contributed by atoms with Gasteiger partial charge in [0, 0.05) is 39.7 Å². The van der Waals surface area contributed by atoms with E-state index in [4.69, 9.17) is 9.97 Å².